The van der Waals surface area contributed by atoms with E-state index in [1.54, 1.807) is 12.4 Å². The first-order valence-electron chi connectivity index (χ1n) is 3.14. The van der Waals surface area contributed by atoms with E-state index < -0.39 is 0 Å². The standard InChI is InChI=1S/C7H10N2S/c10-6-9-5-7-1-3-8-4-2-7/h1-4,9-10H,5-6H2. The second-order valence-corrected chi connectivity index (χ2v) is 2.26. The van der Waals surface area contributed by atoms with Crippen molar-refractivity contribution >= 4 is 12.6 Å². The van der Waals surface area contributed by atoms with E-state index in [2.05, 4.69) is 22.9 Å². The number of rotatable bonds is 3. The van der Waals surface area contributed by atoms with Crippen LogP contribution in [0.1, 0.15) is 5.56 Å². The largest absolute Gasteiger partial charge is 0.304 e. The summed E-state index contributed by atoms with van der Waals surface area (Å²) in [5.41, 5.74) is 1.24. The average molecular weight is 154 g/mol. The van der Waals surface area contributed by atoms with Gasteiger partial charge in [0, 0.05) is 24.8 Å². The van der Waals surface area contributed by atoms with Crippen LogP contribution in [0.5, 0.6) is 0 Å². The van der Waals surface area contributed by atoms with Gasteiger partial charge in [-0.1, -0.05) is 0 Å². The van der Waals surface area contributed by atoms with Crippen LogP contribution in [0, 0.1) is 0 Å². The first-order chi connectivity index (χ1) is 4.93. The highest BCUT2D eigenvalue weighted by molar-refractivity contribution is 7.80. The maximum atomic E-state index is 4.02. The molecule has 0 aliphatic heterocycles. The third-order valence-electron chi connectivity index (χ3n) is 1.19. The zero-order chi connectivity index (χ0) is 7.23. The summed E-state index contributed by atoms with van der Waals surface area (Å²) in [4.78, 5) is 3.91. The van der Waals surface area contributed by atoms with Crippen molar-refractivity contribution in [1.82, 2.24) is 10.3 Å². The SMILES string of the molecule is SCNCc1ccncc1. The Bertz CT molecular complexity index is 176. The normalized spacial score (nSPS) is 9.70. The maximum absolute atomic E-state index is 4.02. The van der Waals surface area contributed by atoms with Crippen LogP contribution in [0.15, 0.2) is 24.5 Å². The van der Waals surface area contributed by atoms with Crippen molar-refractivity contribution in [1.29, 1.82) is 0 Å². The van der Waals surface area contributed by atoms with Crippen LogP contribution in [0.3, 0.4) is 0 Å². The molecule has 0 fully saturated rings. The van der Waals surface area contributed by atoms with Crippen molar-refractivity contribution in [3.8, 4) is 0 Å². The Hall–Kier alpha value is -0.540. The van der Waals surface area contributed by atoms with E-state index in [1.165, 1.54) is 5.56 Å². The monoisotopic (exact) mass is 154 g/mol. The van der Waals surface area contributed by atoms with Crippen molar-refractivity contribution in [2.75, 3.05) is 5.88 Å². The number of pyridine rings is 1. The lowest BCUT2D eigenvalue weighted by atomic mass is 10.3. The van der Waals surface area contributed by atoms with Crippen molar-refractivity contribution in [3.63, 3.8) is 0 Å². The summed E-state index contributed by atoms with van der Waals surface area (Å²) in [7, 11) is 0. The molecule has 2 nitrogen and oxygen atoms in total. The molecule has 0 bridgehead atoms. The van der Waals surface area contributed by atoms with E-state index in [9.17, 15) is 0 Å². The van der Waals surface area contributed by atoms with Gasteiger partial charge in [0.25, 0.3) is 0 Å². The molecule has 0 atom stereocenters. The molecule has 3 heteroatoms. The number of nitrogens with one attached hydrogen (secondary N) is 1. The maximum Gasteiger partial charge on any atom is 0.0390 e. The number of aromatic nitrogens is 1. The van der Waals surface area contributed by atoms with Crippen LogP contribution >= 0.6 is 12.6 Å². The third-order valence-corrected chi connectivity index (χ3v) is 1.41. The lowest BCUT2D eigenvalue weighted by Crippen LogP contribution is -2.09. The van der Waals surface area contributed by atoms with E-state index in [4.69, 9.17) is 0 Å². The molecule has 10 heavy (non-hydrogen) atoms. The van der Waals surface area contributed by atoms with Gasteiger partial charge in [-0.2, -0.15) is 12.6 Å². The van der Waals surface area contributed by atoms with Crippen LogP contribution in [-0.2, 0) is 6.54 Å². The molecular formula is C7H10N2S. The summed E-state index contributed by atoms with van der Waals surface area (Å²) in [5.74, 6) is 0.711. The Labute approximate surface area is 66.1 Å². The molecule has 0 amide bonds. The number of hydrogen-bond donors (Lipinski definition) is 2. The topological polar surface area (TPSA) is 24.9 Å². The molecule has 0 radical (unpaired) electrons. The second-order valence-electron chi connectivity index (χ2n) is 1.94. The second kappa shape index (κ2) is 4.30. The minimum absolute atomic E-state index is 0.711. The molecule has 0 aliphatic rings. The highest BCUT2D eigenvalue weighted by Gasteiger charge is 1.86. The highest BCUT2D eigenvalue weighted by Crippen LogP contribution is 1.93. The molecule has 0 unspecified atom stereocenters. The van der Waals surface area contributed by atoms with Crippen LogP contribution in [0.25, 0.3) is 0 Å². The fourth-order valence-electron chi connectivity index (χ4n) is 0.701. The Morgan fingerprint density at radius 2 is 2.10 bits per heavy atom. The Morgan fingerprint density at radius 1 is 1.40 bits per heavy atom. The van der Waals surface area contributed by atoms with Gasteiger partial charge in [-0.05, 0) is 17.7 Å². The number of nitrogens with zero attached hydrogens (tertiary/aromatic N) is 1. The van der Waals surface area contributed by atoms with Gasteiger partial charge in [-0.15, -0.1) is 0 Å². The van der Waals surface area contributed by atoms with Crippen LogP contribution < -0.4 is 5.32 Å². The molecule has 1 heterocycles. The Morgan fingerprint density at radius 3 is 2.70 bits per heavy atom. The van der Waals surface area contributed by atoms with E-state index >= 15 is 0 Å². The molecule has 54 valence electrons. The van der Waals surface area contributed by atoms with Gasteiger partial charge in [-0.3, -0.25) is 4.98 Å². The Kier molecular flexibility index (Phi) is 3.26. The number of hydrogen-bond acceptors (Lipinski definition) is 3. The minimum atomic E-state index is 0.711. The molecule has 1 rings (SSSR count). The van der Waals surface area contributed by atoms with Gasteiger partial charge in [-0.25, -0.2) is 0 Å². The molecular weight excluding hydrogens is 144 g/mol. The van der Waals surface area contributed by atoms with E-state index in [0.29, 0.717) is 5.88 Å². The molecule has 1 aromatic heterocycles. The summed E-state index contributed by atoms with van der Waals surface area (Å²) >= 11 is 4.02. The minimum Gasteiger partial charge on any atom is -0.304 e. The lowest BCUT2D eigenvalue weighted by molar-refractivity contribution is 0.797. The number of thiol groups is 1. The van der Waals surface area contributed by atoms with Gasteiger partial charge in [0.15, 0.2) is 0 Å². The molecule has 1 aromatic rings. The molecule has 0 saturated heterocycles. The van der Waals surface area contributed by atoms with Crippen molar-refractivity contribution in [2.24, 2.45) is 0 Å². The molecule has 1 N–H and O–H groups in total. The fraction of sp³-hybridized carbons (Fsp3) is 0.286. The summed E-state index contributed by atoms with van der Waals surface area (Å²) < 4.78 is 0. The van der Waals surface area contributed by atoms with E-state index in [0.717, 1.165) is 6.54 Å². The fourth-order valence-corrected chi connectivity index (χ4v) is 0.813. The summed E-state index contributed by atoms with van der Waals surface area (Å²) in [6.45, 7) is 0.867. The van der Waals surface area contributed by atoms with Crippen molar-refractivity contribution in [3.05, 3.63) is 30.1 Å². The summed E-state index contributed by atoms with van der Waals surface area (Å²) in [6, 6.07) is 3.97. The first-order valence-corrected chi connectivity index (χ1v) is 3.77. The predicted octanol–water partition coefficient (Wildman–Crippen LogP) is 1.06. The van der Waals surface area contributed by atoms with Crippen LogP contribution in [0.4, 0.5) is 0 Å². The summed E-state index contributed by atoms with van der Waals surface area (Å²) in [5, 5.41) is 3.10. The lowest BCUT2D eigenvalue weighted by Gasteiger charge is -1.98. The van der Waals surface area contributed by atoms with Crippen LogP contribution in [0.2, 0.25) is 0 Å². The molecule has 0 saturated carbocycles. The molecule has 0 aliphatic carbocycles. The van der Waals surface area contributed by atoms with Gasteiger partial charge < -0.3 is 5.32 Å². The summed E-state index contributed by atoms with van der Waals surface area (Å²) in [6.07, 6.45) is 3.57. The van der Waals surface area contributed by atoms with E-state index in [-0.39, 0.29) is 0 Å². The quantitative estimate of drug-likeness (QED) is 0.502. The van der Waals surface area contributed by atoms with E-state index in [1.807, 2.05) is 12.1 Å². The molecule has 0 spiro atoms. The van der Waals surface area contributed by atoms with Crippen molar-refractivity contribution in [2.45, 2.75) is 6.54 Å². The predicted molar refractivity (Wildman–Crippen MR) is 44.9 cm³/mol. The smallest absolute Gasteiger partial charge is 0.0390 e. The van der Waals surface area contributed by atoms with Gasteiger partial charge in [0.2, 0.25) is 0 Å². The molecule has 0 aromatic carbocycles. The third kappa shape index (κ3) is 2.37. The van der Waals surface area contributed by atoms with Gasteiger partial charge >= 0.3 is 0 Å². The highest BCUT2D eigenvalue weighted by atomic mass is 32.1. The Balaban J connectivity index is 2.43. The van der Waals surface area contributed by atoms with Gasteiger partial charge in [0.05, 0.1) is 0 Å². The zero-order valence-corrected chi connectivity index (χ0v) is 6.51. The van der Waals surface area contributed by atoms with Gasteiger partial charge in [0.1, 0.15) is 0 Å². The van der Waals surface area contributed by atoms with Crippen molar-refractivity contribution < 1.29 is 0 Å². The first kappa shape index (κ1) is 7.57. The zero-order valence-electron chi connectivity index (χ0n) is 5.62. The average Bonchev–Trinajstić information content (AvgIpc) is 2.03. The van der Waals surface area contributed by atoms with Crippen LogP contribution in [-0.4, -0.2) is 10.9 Å².